The summed E-state index contributed by atoms with van der Waals surface area (Å²) in [5.41, 5.74) is 2.12. The molecule has 1 aliphatic carbocycles. The maximum Gasteiger partial charge on any atom is 0.232 e. The lowest BCUT2D eigenvalue weighted by atomic mass is 9.78. The van der Waals surface area contributed by atoms with E-state index in [0.717, 1.165) is 17.7 Å². The van der Waals surface area contributed by atoms with Crippen molar-refractivity contribution in [2.24, 2.45) is 0 Å². The predicted octanol–water partition coefficient (Wildman–Crippen LogP) is 4.55. The van der Waals surface area contributed by atoms with Gasteiger partial charge in [-0.25, -0.2) is 8.78 Å². The van der Waals surface area contributed by atoms with Crippen LogP contribution >= 0.6 is 11.3 Å². The van der Waals surface area contributed by atoms with Gasteiger partial charge >= 0.3 is 0 Å². The quantitative estimate of drug-likeness (QED) is 0.789. The van der Waals surface area contributed by atoms with E-state index in [2.05, 4.69) is 0 Å². The van der Waals surface area contributed by atoms with Crippen LogP contribution in [-0.4, -0.2) is 11.7 Å². The van der Waals surface area contributed by atoms with Gasteiger partial charge in [0.2, 0.25) is 5.91 Å². The minimum Gasteiger partial charge on any atom is -0.294 e. The van der Waals surface area contributed by atoms with Crippen molar-refractivity contribution in [2.75, 3.05) is 4.90 Å². The Kier molecular flexibility index (Phi) is 4.00. The van der Waals surface area contributed by atoms with Crippen molar-refractivity contribution in [1.29, 1.82) is 0 Å². The zero-order valence-corrected chi connectivity index (χ0v) is 14.1. The van der Waals surface area contributed by atoms with E-state index in [-0.39, 0.29) is 29.7 Å². The van der Waals surface area contributed by atoms with E-state index in [1.54, 1.807) is 0 Å². The van der Waals surface area contributed by atoms with Crippen LogP contribution in [0.25, 0.3) is 0 Å². The van der Waals surface area contributed by atoms with Gasteiger partial charge in [-0.05, 0) is 47.4 Å². The molecule has 1 unspecified atom stereocenters. The van der Waals surface area contributed by atoms with Gasteiger partial charge in [0.15, 0.2) is 5.78 Å². The van der Waals surface area contributed by atoms with Gasteiger partial charge in [-0.2, -0.15) is 11.3 Å². The first-order valence-electron chi connectivity index (χ1n) is 8.12. The third-order valence-corrected chi connectivity index (χ3v) is 5.47. The number of amides is 1. The SMILES string of the molecule is O=C1CCCC2=C1C(c1ccsc1)CC(=O)N2c1ccc(F)cc1F. The van der Waals surface area contributed by atoms with E-state index < -0.39 is 11.6 Å². The number of thiophene rings is 1. The summed E-state index contributed by atoms with van der Waals surface area (Å²) < 4.78 is 27.5. The normalized spacial score (nSPS) is 20.9. The van der Waals surface area contributed by atoms with Crippen molar-refractivity contribution in [3.05, 3.63) is 63.5 Å². The fourth-order valence-corrected chi connectivity index (χ4v) is 4.41. The van der Waals surface area contributed by atoms with E-state index in [1.807, 2.05) is 16.8 Å². The van der Waals surface area contributed by atoms with Gasteiger partial charge in [-0.1, -0.05) is 0 Å². The van der Waals surface area contributed by atoms with Crippen molar-refractivity contribution >= 4 is 28.7 Å². The maximum absolute atomic E-state index is 14.3. The van der Waals surface area contributed by atoms with Gasteiger partial charge in [-0.3, -0.25) is 14.5 Å². The number of halogens is 2. The summed E-state index contributed by atoms with van der Waals surface area (Å²) in [4.78, 5) is 26.7. The summed E-state index contributed by atoms with van der Waals surface area (Å²) in [7, 11) is 0. The van der Waals surface area contributed by atoms with Crippen LogP contribution in [0.5, 0.6) is 0 Å². The molecular formula is C19H15F2NO2S. The van der Waals surface area contributed by atoms with Crippen LogP contribution in [0.4, 0.5) is 14.5 Å². The summed E-state index contributed by atoms with van der Waals surface area (Å²) in [5, 5.41) is 3.86. The summed E-state index contributed by atoms with van der Waals surface area (Å²) in [6.07, 6.45) is 1.70. The zero-order valence-electron chi connectivity index (χ0n) is 13.3. The fourth-order valence-electron chi connectivity index (χ4n) is 3.69. The maximum atomic E-state index is 14.3. The first-order valence-corrected chi connectivity index (χ1v) is 9.07. The number of ketones is 1. The van der Waals surface area contributed by atoms with Crippen LogP contribution in [0.3, 0.4) is 0 Å². The highest BCUT2D eigenvalue weighted by atomic mass is 32.1. The number of carbonyl (C=O) groups excluding carboxylic acids is 2. The molecule has 3 nitrogen and oxygen atoms in total. The molecule has 1 amide bonds. The average molecular weight is 359 g/mol. The Morgan fingerprint density at radius 2 is 1.96 bits per heavy atom. The number of hydrogen-bond acceptors (Lipinski definition) is 3. The van der Waals surface area contributed by atoms with E-state index in [0.29, 0.717) is 30.5 Å². The average Bonchev–Trinajstić information content (AvgIpc) is 3.10. The fraction of sp³-hybridized carbons (Fsp3) is 0.263. The van der Waals surface area contributed by atoms with E-state index in [4.69, 9.17) is 0 Å². The van der Waals surface area contributed by atoms with Crippen LogP contribution in [0.2, 0.25) is 0 Å². The van der Waals surface area contributed by atoms with E-state index in [9.17, 15) is 18.4 Å². The molecule has 128 valence electrons. The second-order valence-electron chi connectivity index (χ2n) is 6.28. The number of allylic oxidation sites excluding steroid dienone is 2. The molecule has 0 saturated carbocycles. The van der Waals surface area contributed by atoms with Crippen molar-refractivity contribution in [3.63, 3.8) is 0 Å². The van der Waals surface area contributed by atoms with Crippen molar-refractivity contribution < 1.29 is 18.4 Å². The van der Waals surface area contributed by atoms with Crippen LogP contribution in [0.1, 0.15) is 37.2 Å². The molecule has 1 atom stereocenters. The molecule has 1 aromatic carbocycles. The smallest absolute Gasteiger partial charge is 0.232 e. The standard InChI is InChI=1S/C19H15F2NO2S/c20-12-4-5-15(14(21)8-12)22-16-2-1-3-17(23)19(16)13(9-18(22)24)11-6-7-25-10-11/h4-8,10,13H,1-3,9H2. The van der Waals surface area contributed by atoms with E-state index >= 15 is 0 Å². The Morgan fingerprint density at radius 1 is 1.12 bits per heavy atom. The van der Waals surface area contributed by atoms with Crippen molar-refractivity contribution in [3.8, 4) is 0 Å². The Balaban J connectivity index is 1.88. The summed E-state index contributed by atoms with van der Waals surface area (Å²) in [5.74, 6) is -2.03. The summed E-state index contributed by atoms with van der Waals surface area (Å²) in [6.45, 7) is 0. The lowest BCUT2D eigenvalue weighted by Gasteiger charge is -2.38. The van der Waals surface area contributed by atoms with Crippen LogP contribution in [0.15, 0.2) is 46.3 Å². The van der Waals surface area contributed by atoms with Gasteiger partial charge < -0.3 is 0 Å². The van der Waals surface area contributed by atoms with Crippen molar-refractivity contribution in [2.45, 2.75) is 31.6 Å². The van der Waals surface area contributed by atoms with Gasteiger partial charge in [-0.15, -0.1) is 0 Å². The Bertz CT molecular complexity index is 889. The Hall–Kier alpha value is -2.34. The summed E-state index contributed by atoms with van der Waals surface area (Å²) >= 11 is 1.52. The molecule has 0 bridgehead atoms. The van der Waals surface area contributed by atoms with Crippen LogP contribution < -0.4 is 4.90 Å². The number of Topliss-reactive ketones (excluding diaryl/α,β-unsaturated/α-hetero) is 1. The highest BCUT2D eigenvalue weighted by Gasteiger charge is 2.40. The molecule has 0 radical (unpaired) electrons. The predicted molar refractivity (Wildman–Crippen MR) is 91.4 cm³/mol. The molecule has 1 aromatic heterocycles. The monoisotopic (exact) mass is 359 g/mol. The van der Waals surface area contributed by atoms with Gasteiger partial charge in [0, 0.05) is 36.1 Å². The van der Waals surface area contributed by atoms with Crippen molar-refractivity contribution in [1.82, 2.24) is 0 Å². The van der Waals surface area contributed by atoms with Crippen LogP contribution in [0, 0.1) is 11.6 Å². The highest BCUT2D eigenvalue weighted by Crippen LogP contribution is 2.44. The largest absolute Gasteiger partial charge is 0.294 e. The lowest BCUT2D eigenvalue weighted by Crippen LogP contribution is -2.40. The molecule has 2 aliphatic rings. The summed E-state index contributed by atoms with van der Waals surface area (Å²) in [6, 6.07) is 5.07. The third-order valence-electron chi connectivity index (χ3n) is 4.77. The van der Waals surface area contributed by atoms with Gasteiger partial charge in [0.1, 0.15) is 11.6 Å². The molecule has 0 saturated heterocycles. The molecule has 0 N–H and O–H groups in total. The number of carbonyl (C=O) groups is 2. The molecule has 25 heavy (non-hydrogen) atoms. The molecule has 0 spiro atoms. The zero-order chi connectivity index (χ0) is 17.6. The number of rotatable bonds is 2. The third kappa shape index (κ3) is 2.70. The minimum absolute atomic E-state index is 0.0115. The molecule has 0 fully saturated rings. The Labute approximate surface area is 147 Å². The number of hydrogen-bond donors (Lipinski definition) is 0. The van der Waals surface area contributed by atoms with Gasteiger partial charge in [0.05, 0.1) is 5.69 Å². The number of nitrogens with zero attached hydrogens (tertiary/aromatic N) is 1. The molecular weight excluding hydrogens is 344 g/mol. The molecule has 6 heteroatoms. The number of benzene rings is 1. The first kappa shape index (κ1) is 16.1. The second kappa shape index (κ2) is 6.19. The lowest BCUT2D eigenvalue weighted by molar-refractivity contribution is -0.120. The minimum atomic E-state index is -0.799. The molecule has 2 aromatic rings. The van der Waals surface area contributed by atoms with E-state index in [1.165, 1.54) is 22.3 Å². The van der Waals surface area contributed by atoms with Gasteiger partial charge in [0.25, 0.3) is 0 Å². The molecule has 4 rings (SSSR count). The second-order valence-corrected chi connectivity index (χ2v) is 7.06. The van der Waals surface area contributed by atoms with Crippen LogP contribution in [-0.2, 0) is 9.59 Å². The topological polar surface area (TPSA) is 37.4 Å². The first-order chi connectivity index (χ1) is 12.1. The Morgan fingerprint density at radius 3 is 2.68 bits per heavy atom. The molecule has 2 heterocycles. The molecule has 1 aliphatic heterocycles. The number of anilines is 1. The highest BCUT2D eigenvalue weighted by molar-refractivity contribution is 7.08.